The first-order chi connectivity index (χ1) is 10.2. The van der Waals surface area contributed by atoms with Gasteiger partial charge in [-0.15, -0.1) is 0 Å². The molecule has 4 rings (SSSR count). The highest BCUT2D eigenvalue weighted by molar-refractivity contribution is 5.97. The summed E-state index contributed by atoms with van der Waals surface area (Å²) >= 11 is 0. The molecule has 2 aliphatic carbocycles. The zero-order chi connectivity index (χ0) is 14.4. The standard InChI is InChI=1S/C18H17NO2/c20-17-7-3-6-16-15(17)8-9-18(21)19(16)11-13-10-12-4-1-2-5-14(12)13/h1-2,4-5,8-9,13H,3,6-7,10-11H2. The molecular formula is C18H17NO2. The van der Waals surface area contributed by atoms with Crippen LogP contribution < -0.4 is 5.56 Å². The molecule has 3 heteroatoms. The Labute approximate surface area is 123 Å². The molecule has 0 amide bonds. The van der Waals surface area contributed by atoms with Crippen molar-refractivity contribution in [1.29, 1.82) is 0 Å². The van der Waals surface area contributed by atoms with E-state index in [1.807, 2.05) is 4.57 Å². The van der Waals surface area contributed by atoms with E-state index >= 15 is 0 Å². The summed E-state index contributed by atoms with van der Waals surface area (Å²) in [7, 11) is 0. The molecule has 0 saturated heterocycles. The van der Waals surface area contributed by atoms with Gasteiger partial charge in [-0.3, -0.25) is 9.59 Å². The maximum absolute atomic E-state index is 12.2. The SMILES string of the molecule is O=C1CCCc2c1ccc(=O)n2CC1Cc2ccccc21. The number of hydrogen-bond donors (Lipinski definition) is 0. The average molecular weight is 279 g/mol. The third kappa shape index (κ3) is 1.96. The summed E-state index contributed by atoms with van der Waals surface area (Å²) in [5.41, 5.74) is 4.46. The Kier molecular flexibility index (Phi) is 2.81. The van der Waals surface area contributed by atoms with Crippen LogP contribution in [-0.2, 0) is 19.4 Å². The van der Waals surface area contributed by atoms with Crippen LogP contribution in [0.15, 0.2) is 41.2 Å². The summed E-state index contributed by atoms with van der Waals surface area (Å²) in [5, 5.41) is 0. The molecule has 2 aliphatic rings. The van der Waals surface area contributed by atoms with Crippen LogP contribution in [0.25, 0.3) is 0 Å². The fraction of sp³-hybridized carbons (Fsp3) is 0.333. The maximum atomic E-state index is 12.2. The number of ketones is 1. The molecule has 1 aromatic carbocycles. The summed E-state index contributed by atoms with van der Waals surface area (Å²) in [5.74, 6) is 0.585. The number of fused-ring (bicyclic) bond motifs is 2. The summed E-state index contributed by atoms with van der Waals surface area (Å²) in [6.45, 7) is 0.701. The second-order valence-corrected chi connectivity index (χ2v) is 6.02. The number of nitrogens with zero attached hydrogens (tertiary/aromatic N) is 1. The maximum Gasteiger partial charge on any atom is 0.250 e. The van der Waals surface area contributed by atoms with Gasteiger partial charge in [0, 0.05) is 36.2 Å². The minimum absolute atomic E-state index is 0.0211. The van der Waals surface area contributed by atoms with Gasteiger partial charge in [0.2, 0.25) is 0 Å². The Bertz CT molecular complexity index is 788. The molecule has 2 aromatic rings. The molecule has 0 aliphatic heterocycles. The molecule has 3 nitrogen and oxygen atoms in total. The van der Waals surface area contributed by atoms with Gasteiger partial charge in [-0.1, -0.05) is 24.3 Å². The Balaban J connectivity index is 1.72. The van der Waals surface area contributed by atoms with Crippen LogP contribution in [-0.4, -0.2) is 10.4 Å². The molecule has 0 radical (unpaired) electrons. The number of benzene rings is 1. The van der Waals surface area contributed by atoms with Crippen molar-refractivity contribution in [2.24, 2.45) is 0 Å². The van der Waals surface area contributed by atoms with Crippen LogP contribution >= 0.6 is 0 Å². The number of aromatic nitrogens is 1. The normalized spacial score (nSPS) is 19.6. The molecule has 1 heterocycles. The van der Waals surface area contributed by atoms with E-state index < -0.39 is 0 Å². The average Bonchev–Trinajstić information content (AvgIpc) is 2.47. The Hall–Kier alpha value is -2.16. The largest absolute Gasteiger partial charge is 0.311 e. The van der Waals surface area contributed by atoms with Crippen LogP contribution in [0.1, 0.15) is 45.9 Å². The number of hydrogen-bond acceptors (Lipinski definition) is 2. The zero-order valence-corrected chi connectivity index (χ0v) is 11.8. The van der Waals surface area contributed by atoms with Crippen molar-refractivity contribution in [2.45, 2.75) is 38.1 Å². The molecule has 106 valence electrons. The first-order valence-electron chi connectivity index (χ1n) is 7.58. The first kappa shape index (κ1) is 12.6. The van der Waals surface area contributed by atoms with Gasteiger partial charge in [0.05, 0.1) is 0 Å². The lowest BCUT2D eigenvalue weighted by atomic mass is 9.77. The number of Topliss-reactive ketones (excluding diaryl/α,β-unsaturated/α-hetero) is 1. The lowest BCUT2D eigenvalue weighted by molar-refractivity contribution is 0.0970. The van der Waals surface area contributed by atoms with Gasteiger partial charge in [0.1, 0.15) is 0 Å². The highest BCUT2D eigenvalue weighted by atomic mass is 16.1. The summed E-state index contributed by atoms with van der Waals surface area (Å²) in [4.78, 5) is 24.2. The van der Waals surface area contributed by atoms with Crippen LogP contribution in [0.5, 0.6) is 0 Å². The molecule has 0 fully saturated rings. The van der Waals surface area contributed by atoms with E-state index in [0.29, 0.717) is 18.9 Å². The van der Waals surface area contributed by atoms with E-state index in [-0.39, 0.29) is 11.3 Å². The lowest BCUT2D eigenvalue weighted by Gasteiger charge is -2.32. The van der Waals surface area contributed by atoms with Crippen molar-refractivity contribution in [3.05, 3.63) is 69.1 Å². The van der Waals surface area contributed by atoms with Crippen LogP contribution in [0, 0.1) is 0 Å². The Morgan fingerprint density at radius 2 is 1.90 bits per heavy atom. The van der Waals surface area contributed by atoms with Crippen molar-refractivity contribution in [3.8, 4) is 0 Å². The molecule has 1 unspecified atom stereocenters. The van der Waals surface area contributed by atoms with Crippen molar-refractivity contribution in [2.75, 3.05) is 0 Å². The zero-order valence-electron chi connectivity index (χ0n) is 11.8. The smallest absolute Gasteiger partial charge is 0.250 e. The van der Waals surface area contributed by atoms with E-state index in [2.05, 4.69) is 24.3 Å². The number of pyridine rings is 1. The third-order valence-corrected chi connectivity index (χ3v) is 4.78. The van der Waals surface area contributed by atoms with Gasteiger partial charge in [-0.25, -0.2) is 0 Å². The third-order valence-electron chi connectivity index (χ3n) is 4.78. The first-order valence-corrected chi connectivity index (χ1v) is 7.58. The van der Waals surface area contributed by atoms with Gasteiger partial charge in [-0.2, -0.15) is 0 Å². The fourth-order valence-corrected chi connectivity index (χ4v) is 3.64. The lowest BCUT2D eigenvalue weighted by Crippen LogP contribution is -2.32. The predicted molar refractivity (Wildman–Crippen MR) is 80.9 cm³/mol. The number of carbonyl (C=O) groups is 1. The van der Waals surface area contributed by atoms with E-state index in [9.17, 15) is 9.59 Å². The molecule has 0 spiro atoms. The van der Waals surface area contributed by atoms with Gasteiger partial charge < -0.3 is 4.57 Å². The van der Waals surface area contributed by atoms with E-state index in [1.165, 1.54) is 11.1 Å². The molecule has 0 N–H and O–H groups in total. The summed E-state index contributed by atoms with van der Waals surface area (Å²) in [6.07, 6.45) is 3.33. The van der Waals surface area contributed by atoms with Crippen molar-refractivity contribution < 1.29 is 4.79 Å². The molecule has 21 heavy (non-hydrogen) atoms. The molecular weight excluding hydrogens is 262 g/mol. The Morgan fingerprint density at radius 3 is 2.76 bits per heavy atom. The summed E-state index contributed by atoms with van der Waals surface area (Å²) < 4.78 is 1.84. The Morgan fingerprint density at radius 1 is 1.05 bits per heavy atom. The van der Waals surface area contributed by atoms with Crippen molar-refractivity contribution in [3.63, 3.8) is 0 Å². The fourth-order valence-electron chi connectivity index (χ4n) is 3.64. The second kappa shape index (κ2) is 4.69. The number of rotatable bonds is 2. The van der Waals surface area contributed by atoms with E-state index in [1.54, 1.807) is 12.1 Å². The molecule has 0 bridgehead atoms. The van der Waals surface area contributed by atoms with Crippen LogP contribution in [0.2, 0.25) is 0 Å². The van der Waals surface area contributed by atoms with Gasteiger partial charge in [0.25, 0.3) is 5.56 Å². The van der Waals surface area contributed by atoms with Gasteiger partial charge in [-0.05, 0) is 36.5 Å². The minimum Gasteiger partial charge on any atom is -0.311 e. The molecule has 1 atom stereocenters. The highest BCUT2D eigenvalue weighted by Gasteiger charge is 2.28. The van der Waals surface area contributed by atoms with Crippen LogP contribution in [0.3, 0.4) is 0 Å². The molecule has 1 aromatic heterocycles. The summed E-state index contributed by atoms with van der Waals surface area (Å²) in [6, 6.07) is 11.7. The number of carbonyl (C=O) groups excluding carboxylic acids is 1. The quantitative estimate of drug-likeness (QED) is 0.848. The van der Waals surface area contributed by atoms with Crippen molar-refractivity contribution >= 4 is 5.78 Å². The van der Waals surface area contributed by atoms with Gasteiger partial charge in [0.15, 0.2) is 5.78 Å². The van der Waals surface area contributed by atoms with E-state index in [4.69, 9.17) is 0 Å². The topological polar surface area (TPSA) is 39.1 Å². The van der Waals surface area contributed by atoms with Gasteiger partial charge >= 0.3 is 0 Å². The molecule has 0 saturated carbocycles. The monoisotopic (exact) mass is 279 g/mol. The van der Waals surface area contributed by atoms with E-state index in [0.717, 1.165) is 30.5 Å². The predicted octanol–water partition coefficient (Wildman–Crippen LogP) is 2.71. The van der Waals surface area contributed by atoms with Crippen LogP contribution in [0.4, 0.5) is 0 Å². The second-order valence-electron chi connectivity index (χ2n) is 6.02. The highest BCUT2D eigenvalue weighted by Crippen LogP contribution is 2.36. The minimum atomic E-state index is 0.0211. The van der Waals surface area contributed by atoms with Crippen molar-refractivity contribution in [1.82, 2.24) is 4.57 Å².